The number of phosphoric ester groups is 1. The smallest absolute Gasteiger partial charge is 0.472 e. The molecule has 1 atom stereocenters. The Labute approximate surface area is 108 Å². The van der Waals surface area contributed by atoms with Crippen molar-refractivity contribution in [2.45, 2.75) is 51.9 Å². The van der Waals surface area contributed by atoms with E-state index in [1.54, 1.807) is 6.92 Å². The third-order valence-corrected chi connectivity index (χ3v) is 3.43. The number of carboxylic acid groups (broad SMARTS) is 1. The van der Waals surface area contributed by atoms with E-state index in [0.29, 0.717) is 12.8 Å². The van der Waals surface area contributed by atoms with Gasteiger partial charge in [-0.05, 0) is 19.8 Å². The summed E-state index contributed by atoms with van der Waals surface area (Å²) in [4.78, 5) is 19.3. The third-order valence-electron chi connectivity index (χ3n) is 2.33. The number of aliphatic carboxylic acids is 1. The largest absolute Gasteiger partial charge is 0.481 e. The standard InChI is InChI=1S/C11H23O6P/c1-2-16-18(14,15)17-10-8-6-4-3-5-7-9-11(12)13/h2-10H2,1H3,(H,12,13)(H,14,15). The van der Waals surface area contributed by atoms with E-state index < -0.39 is 13.8 Å². The molecule has 0 aliphatic carbocycles. The monoisotopic (exact) mass is 282 g/mol. The first-order chi connectivity index (χ1) is 8.48. The highest BCUT2D eigenvalue weighted by atomic mass is 31.2. The summed E-state index contributed by atoms with van der Waals surface area (Å²) < 4.78 is 20.4. The fraction of sp³-hybridized carbons (Fsp3) is 0.909. The molecule has 6 nitrogen and oxygen atoms in total. The Morgan fingerprint density at radius 2 is 1.61 bits per heavy atom. The lowest BCUT2D eigenvalue weighted by Gasteiger charge is -2.10. The molecule has 0 amide bonds. The summed E-state index contributed by atoms with van der Waals surface area (Å²) in [5.74, 6) is -0.752. The zero-order valence-electron chi connectivity index (χ0n) is 10.8. The molecule has 1 unspecified atom stereocenters. The van der Waals surface area contributed by atoms with E-state index in [1.807, 2.05) is 0 Å². The van der Waals surface area contributed by atoms with Crippen LogP contribution in [0.5, 0.6) is 0 Å². The van der Waals surface area contributed by atoms with Crippen molar-refractivity contribution in [3.8, 4) is 0 Å². The highest BCUT2D eigenvalue weighted by Crippen LogP contribution is 2.42. The molecule has 0 aromatic rings. The van der Waals surface area contributed by atoms with E-state index >= 15 is 0 Å². The summed E-state index contributed by atoms with van der Waals surface area (Å²) in [6.45, 7) is 1.99. The second-order valence-electron chi connectivity index (χ2n) is 3.98. The predicted molar refractivity (Wildman–Crippen MR) is 67.4 cm³/mol. The molecule has 0 heterocycles. The molecule has 0 aliphatic heterocycles. The number of hydrogen-bond donors (Lipinski definition) is 2. The lowest BCUT2D eigenvalue weighted by molar-refractivity contribution is -0.137. The Balaban J connectivity index is 3.26. The van der Waals surface area contributed by atoms with E-state index in [2.05, 4.69) is 4.52 Å². The zero-order chi connectivity index (χ0) is 13.9. The highest BCUT2D eigenvalue weighted by molar-refractivity contribution is 7.47. The van der Waals surface area contributed by atoms with Gasteiger partial charge in [-0.15, -0.1) is 0 Å². The second kappa shape index (κ2) is 10.5. The lowest BCUT2D eigenvalue weighted by Crippen LogP contribution is -1.97. The molecular formula is C11H23O6P. The number of carboxylic acids is 1. The second-order valence-corrected chi connectivity index (χ2v) is 5.44. The van der Waals surface area contributed by atoms with Gasteiger partial charge in [0.25, 0.3) is 0 Å². The van der Waals surface area contributed by atoms with Crippen molar-refractivity contribution < 1.29 is 28.4 Å². The van der Waals surface area contributed by atoms with Gasteiger partial charge in [-0.2, -0.15) is 0 Å². The molecule has 0 saturated carbocycles. The Morgan fingerprint density at radius 1 is 1.06 bits per heavy atom. The van der Waals surface area contributed by atoms with Crippen LogP contribution in [0, 0.1) is 0 Å². The van der Waals surface area contributed by atoms with E-state index in [1.165, 1.54) is 0 Å². The molecule has 0 saturated heterocycles. The molecule has 18 heavy (non-hydrogen) atoms. The van der Waals surface area contributed by atoms with Crippen LogP contribution >= 0.6 is 7.82 Å². The minimum Gasteiger partial charge on any atom is -0.481 e. The van der Waals surface area contributed by atoms with Crippen LogP contribution in [0.25, 0.3) is 0 Å². The van der Waals surface area contributed by atoms with E-state index in [9.17, 15) is 9.36 Å². The Kier molecular flexibility index (Phi) is 10.3. The number of rotatable bonds is 12. The van der Waals surface area contributed by atoms with Crippen molar-refractivity contribution in [1.29, 1.82) is 0 Å². The first-order valence-electron chi connectivity index (χ1n) is 6.31. The molecule has 0 rings (SSSR count). The van der Waals surface area contributed by atoms with Gasteiger partial charge in [0.2, 0.25) is 0 Å². The normalized spacial score (nSPS) is 14.3. The van der Waals surface area contributed by atoms with Crippen LogP contribution in [0.2, 0.25) is 0 Å². The van der Waals surface area contributed by atoms with Crippen LogP contribution in [0.4, 0.5) is 0 Å². The Morgan fingerprint density at radius 3 is 2.17 bits per heavy atom. The van der Waals surface area contributed by atoms with Gasteiger partial charge >= 0.3 is 13.8 Å². The van der Waals surface area contributed by atoms with Crippen molar-refractivity contribution in [2.24, 2.45) is 0 Å². The summed E-state index contributed by atoms with van der Waals surface area (Å²) in [5.41, 5.74) is 0. The predicted octanol–water partition coefficient (Wildman–Crippen LogP) is 2.96. The van der Waals surface area contributed by atoms with Crippen LogP contribution in [-0.4, -0.2) is 29.2 Å². The Hall–Kier alpha value is -0.420. The molecule has 0 bridgehead atoms. The molecule has 2 N–H and O–H groups in total. The maximum Gasteiger partial charge on any atom is 0.472 e. The van der Waals surface area contributed by atoms with Crippen molar-refractivity contribution >= 4 is 13.8 Å². The number of unbranched alkanes of at least 4 members (excludes halogenated alkanes) is 5. The van der Waals surface area contributed by atoms with Gasteiger partial charge < -0.3 is 10.00 Å². The quantitative estimate of drug-likeness (QED) is 0.422. The lowest BCUT2D eigenvalue weighted by atomic mass is 10.1. The summed E-state index contributed by atoms with van der Waals surface area (Å²) in [6, 6.07) is 0. The summed E-state index contributed by atoms with van der Waals surface area (Å²) >= 11 is 0. The molecule has 0 spiro atoms. The van der Waals surface area contributed by atoms with Gasteiger partial charge in [-0.25, -0.2) is 4.57 Å². The van der Waals surface area contributed by atoms with Crippen molar-refractivity contribution in [2.75, 3.05) is 13.2 Å². The first kappa shape index (κ1) is 17.6. The molecule has 0 aliphatic rings. The number of hydrogen-bond acceptors (Lipinski definition) is 4. The highest BCUT2D eigenvalue weighted by Gasteiger charge is 2.18. The molecule has 0 aromatic carbocycles. The molecule has 108 valence electrons. The maximum atomic E-state index is 11.1. The molecular weight excluding hydrogens is 259 g/mol. The van der Waals surface area contributed by atoms with Crippen LogP contribution in [0.15, 0.2) is 0 Å². The molecule has 0 fully saturated rings. The van der Waals surface area contributed by atoms with E-state index in [4.69, 9.17) is 14.5 Å². The summed E-state index contributed by atoms with van der Waals surface area (Å²) in [5, 5.41) is 8.43. The van der Waals surface area contributed by atoms with E-state index in [-0.39, 0.29) is 19.6 Å². The van der Waals surface area contributed by atoms with Crippen LogP contribution in [0.3, 0.4) is 0 Å². The first-order valence-corrected chi connectivity index (χ1v) is 7.81. The van der Waals surface area contributed by atoms with Gasteiger partial charge in [-0.3, -0.25) is 13.8 Å². The molecule has 0 aromatic heterocycles. The number of carbonyl (C=O) groups is 1. The van der Waals surface area contributed by atoms with Crippen molar-refractivity contribution in [1.82, 2.24) is 0 Å². The minimum atomic E-state index is -3.84. The topological polar surface area (TPSA) is 93.1 Å². The van der Waals surface area contributed by atoms with Crippen LogP contribution < -0.4 is 0 Å². The summed E-state index contributed by atoms with van der Waals surface area (Å²) in [7, 11) is -3.84. The van der Waals surface area contributed by atoms with Crippen molar-refractivity contribution in [3.05, 3.63) is 0 Å². The fourth-order valence-corrected chi connectivity index (χ4v) is 2.23. The van der Waals surface area contributed by atoms with E-state index in [0.717, 1.165) is 25.7 Å². The summed E-state index contributed by atoms with van der Waals surface area (Å²) in [6.07, 6.45) is 5.41. The van der Waals surface area contributed by atoms with Gasteiger partial charge in [-0.1, -0.05) is 25.7 Å². The fourth-order valence-electron chi connectivity index (χ4n) is 1.47. The van der Waals surface area contributed by atoms with Gasteiger partial charge in [0, 0.05) is 6.42 Å². The average Bonchev–Trinajstić information content (AvgIpc) is 2.26. The van der Waals surface area contributed by atoms with Crippen molar-refractivity contribution in [3.63, 3.8) is 0 Å². The zero-order valence-corrected chi connectivity index (χ0v) is 11.7. The number of phosphoric acid groups is 1. The van der Waals surface area contributed by atoms with Gasteiger partial charge in [0.1, 0.15) is 0 Å². The van der Waals surface area contributed by atoms with Gasteiger partial charge in [0.05, 0.1) is 13.2 Å². The van der Waals surface area contributed by atoms with Gasteiger partial charge in [0.15, 0.2) is 0 Å². The maximum absolute atomic E-state index is 11.1. The SMILES string of the molecule is CCOP(=O)(O)OCCCCCCCCC(=O)O. The minimum absolute atomic E-state index is 0.150. The molecule has 7 heteroatoms. The van der Waals surface area contributed by atoms with Crippen LogP contribution in [0.1, 0.15) is 51.9 Å². The average molecular weight is 282 g/mol. The Bertz CT molecular complexity index is 268. The van der Waals surface area contributed by atoms with Crippen LogP contribution in [-0.2, 0) is 18.4 Å². The molecule has 0 radical (unpaired) electrons. The third kappa shape index (κ3) is 12.0.